The van der Waals surface area contributed by atoms with Gasteiger partial charge in [0, 0.05) is 41.4 Å². The van der Waals surface area contributed by atoms with E-state index in [1.165, 1.54) is 10.9 Å². The molecule has 0 spiro atoms. The van der Waals surface area contributed by atoms with Gasteiger partial charge in [0.05, 0.1) is 23.1 Å². The van der Waals surface area contributed by atoms with Gasteiger partial charge in [0.25, 0.3) is 11.8 Å². The number of nitrogens with zero attached hydrogens (tertiary/aromatic N) is 5. The molecule has 0 unspecified atom stereocenters. The monoisotopic (exact) mass is 713 g/mol. The Hall–Kier alpha value is -6.11. The molecule has 0 bridgehead atoms. The molecule has 3 aliphatic carbocycles. The number of Topliss-reactive ketones (excluding diaryl/α,β-unsaturated/α-hetero) is 1. The zero-order valence-electron chi connectivity index (χ0n) is 29.8. The Morgan fingerprint density at radius 2 is 1.30 bits per heavy atom. The van der Waals surface area contributed by atoms with Crippen molar-refractivity contribution in [2.75, 3.05) is 11.5 Å². The van der Waals surface area contributed by atoms with Crippen LogP contribution in [0, 0.1) is 19.8 Å². The smallest absolute Gasteiger partial charge is 0.251 e. The first-order chi connectivity index (χ1) is 25.6. The normalized spacial score (nSPS) is 15.4. The molecule has 6 N–H and O–H groups in total. The average Bonchev–Trinajstić information content (AvgIpc) is 4.01. The summed E-state index contributed by atoms with van der Waals surface area (Å²) in [5.41, 5.74) is 17.7. The van der Waals surface area contributed by atoms with Crippen molar-refractivity contribution in [3.05, 3.63) is 112 Å². The summed E-state index contributed by atoms with van der Waals surface area (Å²) < 4.78 is 3.06. The number of amides is 2. The number of hydrogen-bond acceptors (Lipinski definition) is 9. The molecule has 5 aromatic rings. The average molecular weight is 714 g/mol. The summed E-state index contributed by atoms with van der Waals surface area (Å²) >= 11 is 0. The third-order valence-corrected chi connectivity index (χ3v) is 9.89. The number of benzene rings is 2. The number of rotatable bonds is 10. The van der Waals surface area contributed by atoms with Crippen molar-refractivity contribution in [3.8, 4) is 11.4 Å². The van der Waals surface area contributed by atoms with E-state index in [1.807, 2.05) is 26.0 Å². The van der Waals surface area contributed by atoms with Gasteiger partial charge < -0.3 is 22.1 Å². The zero-order valence-corrected chi connectivity index (χ0v) is 29.8. The minimum absolute atomic E-state index is 0.0644. The molecule has 0 saturated heterocycles. The number of pyridine rings is 1. The number of carbonyl (C=O) groups excluding carboxylic acids is 4. The first kappa shape index (κ1) is 35.3. The molecule has 0 radical (unpaired) electrons. The van der Waals surface area contributed by atoms with Crippen LogP contribution in [0.15, 0.2) is 73.1 Å². The van der Waals surface area contributed by atoms with Gasteiger partial charge in [0.1, 0.15) is 23.0 Å². The minimum atomic E-state index is -0.292. The van der Waals surface area contributed by atoms with Crippen molar-refractivity contribution in [3.63, 3.8) is 0 Å². The molecule has 53 heavy (non-hydrogen) atoms. The summed E-state index contributed by atoms with van der Waals surface area (Å²) in [7, 11) is 0. The maximum Gasteiger partial charge on any atom is 0.251 e. The number of nitrogen functional groups attached to an aromatic ring is 2. The molecule has 3 aliphatic rings. The van der Waals surface area contributed by atoms with E-state index >= 15 is 0 Å². The van der Waals surface area contributed by atoms with E-state index in [1.54, 1.807) is 59.4 Å². The number of hydrogen-bond donors (Lipinski definition) is 4. The number of nitrogens with one attached hydrogen (secondary N) is 2. The Morgan fingerprint density at radius 1 is 0.717 bits per heavy atom. The Bertz CT molecular complexity index is 2190. The predicted octanol–water partition coefficient (Wildman–Crippen LogP) is 5.31. The Balaban J connectivity index is 0.000000164. The molecule has 8 rings (SSSR count). The maximum atomic E-state index is 12.6. The van der Waals surface area contributed by atoms with E-state index in [2.05, 4.69) is 25.8 Å². The van der Waals surface area contributed by atoms with Gasteiger partial charge in [-0.25, -0.2) is 9.36 Å². The van der Waals surface area contributed by atoms with E-state index < -0.39 is 0 Å². The van der Waals surface area contributed by atoms with Crippen LogP contribution in [0.25, 0.3) is 11.4 Å². The highest BCUT2D eigenvalue weighted by atomic mass is 16.2. The number of aryl methyl sites for hydroxylation is 2. The van der Waals surface area contributed by atoms with Crippen LogP contribution in [0.4, 0.5) is 11.6 Å². The molecule has 13 nitrogen and oxygen atoms in total. The van der Waals surface area contributed by atoms with Gasteiger partial charge in [0.15, 0.2) is 5.78 Å². The Labute approximate surface area is 307 Å². The van der Waals surface area contributed by atoms with Crippen molar-refractivity contribution in [2.45, 2.75) is 77.3 Å². The fraction of sp³-hybridized carbons (Fsp3) is 0.325. The van der Waals surface area contributed by atoms with Crippen molar-refractivity contribution in [2.24, 2.45) is 5.92 Å². The van der Waals surface area contributed by atoms with E-state index in [0.29, 0.717) is 40.1 Å². The van der Waals surface area contributed by atoms with Gasteiger partial charge in [0.2, 0.25) is 5.78 Å². The molecule has 0 atom stereocenters. The molecule has 3 aromatic heterocycles. The van der Waals surface area contributed by atoms with Crippen LogP contribution in [0.5, 0.6) is 0 Å². The molecule has 3 saturated carbocycles. The van der Waals surface area contributed by atoms with E-state index in [0.717, 1.165) is 68.2 Å². The molecular weight excluding hydrogens is 670 g/mol. The summed E-state index contributed by atoms with van der Waals surface area (Å²) in [4.78, 5) is 54.0. The highest BCUT2D eigenvalue weighted by Gasteiger charge is 2.28. The van der Waals surface area contributed by atoms with Crippen LogP contribution in [0.3, 0.4) is 0 Å². The lowest BCUT2D eigenvalue weighted by Crippen LogP contribution is -2.25. The molecule has 3 heterocycles. The topological polar surface area (TPSA) is 193 Å². The lowest BCUT2D eigenvalue weighted by atomic mass is 10.0. The first-order valence-electron chi connectivity index (χ1n) is 18.1. The second-order valence-corrected chi connectivity index (χ2v) is 14.1. The third-order valence-electron chi connectivity index (χ3n) is 9.89. The van der Waals surface area contributed by atoms with Crippen LogP contribution in [-0.4, -0.2) is 60.0 Å². The predicted molar refractivity (Wildman–Crippen MR) is 200 cm³/mol. The minimum Gasteiger partial charge on any atom is -0.384 e. The quantitative estimate of drug-likeness (QED) is 0.139. The standard InChI is InChI=1S/C20H19N5O2.C20H24N4O2/c1-12-5-6-13(20(27)24-14-7-8-14)10-17(12)25-19(21)15(11-23-25)18(26)16-4-2-3-9-22-16;1-12-6-7-14(20(26)22-15-8-9-15)10-17(12)24-18(21)11-16(23-24)19(25)13-4-2-3-5-13/h2-6,9-11,14H,7-8,21H2,1H3,(H,24,27);6-7,10-11,13,15H,2-5,8-9,21H2,1H3,(H,22,26). The van der Waals surface area contributed by atoms with Gasteiger partial charge in [-0.2, -0.15) is 10.2 Å². The lowest BCUT2D eigenvalue weighted by molar-refractivity contribution is 0.0914. The van der Waals surface area contributed by atoms with Crippen molar-refractivity contribution in [1.29, 1.82) is 0 Å². The highest BCUT2D eigenvalue weighted by Crippen LogP contribution is 2.30. The maximum absolute atomic E-state index is 12.6. The second-order valence-electron chi connectivity index (χ2n) is 14.1. The summed E-state index contributed by atoms with van der Waals surface area (Å²) in [6.07, 6.45) is 11.2. The molecule has 2 amide bonds. The first-order valence-corrected chi connectivity index (χ1v) is 18.1. The highest BCUT2D eigenvalue weighted by molar-refractivity contribution is 6.10. The van der Waals surface area contributed by atoms with Crippen molar-refractivity contribution in [1.82, 2.24) is 35.2 Å². The van der Waals surface area contributed by atoms with Crippen LogP contribution in [0.2, 0.25) is 0 Å². The molecular formula is C40H43N9O4. The van der Waals surface area contributed by atoms with Crippen LogP contribution in [0.1, 0.15) is 110 Å². The fourth-order valence-corrected chi connectivity index (χ4v) is 6.42. The summed E-state index contributed by atoms with van der Waals surface area (Å²) in [5.74, 6) is 0.279. The van der Waals surface area contributed by atoms with Gasteiger partial charge in [-0.1, -0.05) is 31.0 Å². The third kappa shape index (κ3) is 7.88. The zero-order chi connectivity index (χ0) is 37.2. The van der Waals surface area contributed by atoms with Gasteiger partial charge >= 0.3 is 0 Å². The lowest BCUT2D eigenvalue weighted by Gasteiger charge is -2.11. The molecule has 3 fully saturated rings. The summed E-state index contributed by atoms with van der Waals surface area (Å²) in [6, 6.07) is 18.2. The van der Waals surface area contributed by atoms with Crippen LogP contribution < -0.4 is 22.1 Å². The van der Waals surface area contributed by atoms with Crippen LogP contribution >= 0.6 is 0 Å². The number of nitrogens with two attached hydrogens (primary N) is 2. The molecule has 0 aliphatic heterocycles. The van der Waals surface area contributed by atoms with Gasteiger partial charge in [-0.15, -0.1) is 0 Å². The Kier molecular flexibility index (Phi) is 9.90. The number of anilines is 2. The van der Waals surface area contributed by atoms with E-state index in [-0.39, 0.29) is 46.7 Å². The summed E-state index contributed by atoms with van der Waals surface area (Å²) in [6.45, 7) is 3.84. The molecule has 272 valence electrons. The number of carbonyl (C=O) groups is 4. The van der Waals surface area contributed by atoms with E-state index in [9.17, 15) is 19.2 Å². The number of aromatic nitrogens is 5. The Morgan fingerprint density at radius 3 is 1.85 bits per heavy atom. The summed E-state index contributed by atoms with van der Waals surface area (Å²) in [5, 5.41) is 14.7. The molecule has 13 heteroatoms. The SMILES string of the molecule is Cc1ccc(C(=O)NC2CC2)cc1-n1nc(C(=O)C2CCCC2)cc1N.Cc1ccc(C(=O)NC2CC2)cc1-n1ncc(C(=O)c2ccccn2)c1N. The van der Waals surface area contributed by atoms with Crippen LogP contribution in [-0.2, 0) is 0 Å². The number of ketones is 2. The van der Waals surface area contributed by atoms with E-state index in [4.69, 9.17) is 11.5 Å². The van der Waals surface area contributed by atoms with Crippen molar-refractivity contribution >= 4 is 35.0 Å². The molecule has 2 aromatic carbocycles. The second kappa shape index (κ2) is 14.9. The van der Waals surface area contributed by atoms with Gasteiger partial charge in [-0.05, 0) is 99.9 Å². The largest absolute Gasteiger partial charge is 0.384 e. The van der Waals surface area contributed by atoms with Gasteiger partial charge in [-0.3, -0.25) is 24.2 Å². The fourth-order valence-electron chi connectivity index (χ4n) is 6.42. The van der Waals surface area contributed by atoms with Crippen molar-refractivity contribution < 1.29 is 19.2 Å².